The normalized spacial score (nSPS) is 16.3. The smallest absolute Gasteiger partial charge is 0.306 e. The van der Waals surface area contributed by atoms with Crippen LogP contribution in [0.25, 0.3) is 0 Å². The third-order valence-corrected chi connectivity index (χ3v) is 5.44. The van der Waals surface area contributed by atoms with Crippen molar-refractivity contribution in [2.75, 3.05) is 19.8 Å². The molecule has 2 aromatic carbocycles. The number of ether oxygens (including phenoxy) is 3. The third kappa shape index (κ3) is 5.42. The Kier molecular flexibility index (Phi) is 6.50. The Bertz CT molecular complexity index is 986. The van der Waals surface area contributed by atoms with Crippen molar-refractivity contribution in [1.29, 1.82) is 0 Å². The molecule has 1 unspecified atom stereocenters. The first kappa shape index (κ1) is 20.9. The van der Waals surface area contributed by atoms with Crippen LogP contribution in [0, 0.1) is 0 Å². The maximum Gasteiger partial charge on any atom is 0.306 e. The van der Waals surface area contributed by atoms with E-state index in [-0.39, 0.29) is 31.3 Å². The Labute approximate surface area is 180 Å². The van der Waals surface area contributed by atoms with Crippen molar-refractivity contribution in [1.82, 2.24) is 5.32 Å². The molecule has 0 spiro atoms. The number of hydrogen-bond donors (Lipinski definition) is 1. The predicted molar refractivity (Wildman–Crippen MR) is 112 cm³/mol. The van der Waals surface area contributed by atoms with Crippen LogP contribution in [0.1, 0.15) is 40.7 Å². The minimum absolute atomic E-state index is 0.0560. The minimum atomic E-state index is -0.573. The van der Waals surface area contributed by atoms with Gasteiger partial charge < -0.3 is 19.5 Å². The van der Waals surface area contributed by atoms with Gasteiger partial charge in [-0.3, -0.25) is 14.4 Å². The fourth-order valence-electron chi connectivity index (χ4n) is 3.77. The van der Waals surface area contributed by atoms with Gasteiger partial charge in [0.25, 0.3) is 5.91 Å². The van der Waals surface area contributed by atoms with Gasteiger partial charge in [0.1, 0.15) is 12.7 Å². The number of rotatable bonds is 8. The lowest BCUT2D eigenvalue weighted by atomic mass is 10.0. The summed E-state index contributed by atoms with van der Waals surface area (Å²) in [6, 6.07) is 13.1. The van der Waals surface area contributed by atoms with Gasteiger partial charge in [0.15, 0.2) is 23.9 Å². The second-order valence-corrected chi connectivity index (χ2v) is 7.72. The van der Waals surface area contributed by atoms with E-state index in [4.69, 9.17) is 14.2 Å². The number of carbonyl (C=O) groups excluding carboxylic acids is 3. The number of ketones is 1. The zero-order chi connectivity index (χ0) is 21.6. The van der Waals surface area contributed by atoms with E-state index in [0.29, 0.717) is 23.7 Å². The summed E-state index contributed by atoms with van der Waals surface area (Å²) in [6.45, 7) is 0.166. The Morgan fingerprint density at radius 1 is 1.00 bits per heavy atom. The Morgan fingerprint density at radius 2 is 1.81 bits per heavy atom. The number of carbonyl (C=O) groups is 3. The molecule has 0 radical (unpaired) electrons. The SMILES string of the molecule is O=C(COC(=O)CCC(=O)c1ccc2c(c1)CCC2)NCC1COc2ccccc2O1. The highest BCUT2D eigenvalue weighted by Gasteiger charge is 2.21. The first-order valence-corrected chi connectivity index (χ1v) is 10.5. The summed E-state index contributed by atoms with van der Waals surface area (Å²) in [5.41, 5.74) is 3.15. The Morgan fingerprint density at radius 3 is 2.68 bits per heavy atom. The predicted octanol–water partition coefficient (Wildman–Crippen LogP) is 2.64. The summed E-state index contributed by atoms with van der Waals surface area (Å²) in [6.07, 6.45) is 2.86. The fourth-order valence-corrected chi connectivity index (χ4v) is 3.77. The lowest BCUT2D eigenvalue weighted by molar-refractivity contribution is -0.148. The zero-order valence-corrected chi connectivity index (χ0v) is 17.2. The first-order valence-electron chi connectivity index (χ1n) is 10.5. The molecule has 0 saturated heterocycles. The lowest BCUT2D eigenvalue weighted by Crippen LogP contribution is -2.42. The molecule has 1 aliphatic heterocycles. The number of nitrogens with one attached hydrogen (secondary N) is 1. The molecule has 0 fully saturated rings. The molecule has 0 aromatic heterocycles. The maximum atomic E-state index is 12.3. The molecule has 1 amide bonds. The maximum absolute atomic E-state index is 12.3. The van der Waals surface area contributed by atoms with Gasteiger partial charge in [0, 0.05) is 12.0 Å². The van der Waals surface area contributed by atoms with Gasteiger partial charge >= 0.3 is 5.97 Å². The zero-order valence-electron chi connectivity index (χ0n) is 17.2. The van der Waals surface area contributed by atoms with Crippen LogP contribution in [-0.4, -0.2) is 43.5 Å². The van der Waals surface area contributed by atoms with Crippen LogP contribution >= 0.6 is 0 Å². The minimum Gasteiger partial charge on any atom is -0.486 e. The molecular formula is C24H25NO6. The summed E-state index contributed by atoms with van der Waals surface area (Å²) < 4.78 is 16.3. The van der Waals surface area contributed by atoms with E-state index in [1.807, 2.05) is 36.4 Å². The number of para-hydroxylation sites is 2. The first-order chi connectivity index (χ1) is 15.1. The van der Waals surface area contributed by atoms with Gasteiger partial charge in [0.05, 0.1) is 13.0 Å². The van der Waals surface area contributed by atoms with Crippen molar-refractivity contribution >= 4 is 17.7 Å². The largest absolute Gasteiger partial charge is 0.486 e. The fraction of sp³-hybridized carbons (Fsp3) is 0.375. The molecule has 1 aliphatic carbocycles. The van der Waals surface area contributed by atoms with Crippen molar-refractivity contribution in [2.45, 2.75) is 38.2 Å². The standard InChI is InChI=1S/C24H25NO6/c26-20(18-9-8-16-4-3-5-17(16)12-18)10-11-24(28)30-15-23(27)25-13-19-14-29-21-6-1-2-7-22(21)31-19/h1-2,6-9,12,19H,3-5,10-11,13-15H2,(H,25,27). The van der Waals surface area contributed by atoms with Crippen molar-refractivity contribution < 1.29 is 28.6 Å². The summed E-state index contributed by atoms with van der Waals surface area (Å²) >= 11 is 0. The van der Waals surface area contributed by atoms with E-state index in [2.05, 4.69) is 5.32 Å². The number of Topliss-reactive ketones (excluding diaryl/α,β-unsaturated/α-hetero) is 1. The van der Waals surface area contributed by atoms with Crippen LogP contribution in [-0.2, 0) is 27.2 Å². The van der Waals surface area contributed by atoms with E-state index in [9.17, 15) is 14.4 Å². The molecule has 1 heterocycles. The molecule has 2 aromatic rings. The van der Waals surface area contributed by atoms with Gasteiger partial charge in [-0.05, 0) is 48.6 Å². The number of hydrogen-bond acceptors (Lipinski definition) is 6. The molecule has 4 rings (SSSR count). The Balaban J connectivity index is 1.14. The summed E-state index contributed by atoms with van der Waals surface area (Å²) in [4.78, 5) is 36.2. The highest BCUT2D eigenvalue weighted by atomic mass is 16.6. The highest BCUT2D eigenvalue weighted by molar-refractivity contribution is 5.98. The van der Waals surface area contributed by atoms with Crippen LogP contribution in [0.2, 0.25) is 0 Å². The molecule has 7 heteroatoms. The van der Waals surface area contributed by atoms with E-state index in [1.54, 1.807) is 6.07 Å². The van der Waals surface area contributed by atoms with Crippen LogP contribution < -0.4 is 14.8 Å². The lowest BCUT2D eigenvalue weighted by Gasteiger charge is -2.26. The summed E-state index contributed by atoms with van der Waals surface area (Å²) in [7, 11) is 0. The average Bonchev–Trinajstić information content (AvgIpc) is 3.27. The van der Waals surface area contributed by atoms with E-state index < -0.39 is 18.5 Å². The average molecular weight is 423 g/mol. The Hall–Kier alpha value is -3.35. The molecule has 2 aliphatic rings. The van der Waals surface area contributed by atoms with Crippen LogP contribution in [0.4, 0.5) is 0 Å². The van der Waals surface area contributed by atoms with Crippen LogP contribution in [0.15, 0.2) is 42.5 Å². The van der Waals surface area contributed by atoms with Crippen molar-refractivity contribution in [3.63, 3.8) is 0 Å². The molecule has 0 bridgehead atoms. The topological polar surface area (TPSA) is 90.9 Å². The number of benzene rings is 2. The van der Waals surface area contributed by atoms with E-state index >= 15 is 0 Å². The molecule has 7 nitrogen and oxygen atoms in total. The van der Waals surface area contributed by atoms with Crippen molar-refractivity contribution in [3.8, 4) is 11.5 Å². The van der Waals surface area contributed by atoms with Gasteiger partial charge in [-0.25, -0.2) is 0 Å². The number of esters is 1. The van der Waals surface area contributed by atoms with Gasteiger partial charge in [-0.2, -0.15) is 0 Å². The van der Waals surface area contributed by atoms with Gasteiger partial charge in [-0.15, -0.1) is 0 Å². The van der Waals surface area contributed by atoms with Crippen LogP contribution in [0.3, 0.4) is 0 Å². The second kappa shape index (κ2) is 9.64. The number of aryl methyl sites for hydroxylation is 2. The summed E-state index contributed by atoms with van der Waals surface area (Å²) in [5.74, 6) is 0.211. The second-order valence-electron chi connectivity index (χ2n) is 7.72. The molecule has 1 N–H and O–H groups in total. The highest BCUT2D eigenvalue weighted by Crippen LogP contribution is 2.30. The number of fused-ring (bicyclic) bond motifs is 2. The van der Waals surface area contributed by atoms with Crippen molar-refractivity contribution in [3.05, 3.63) is 59.2 Å². The monoisotopic (exact) mass is 423 g/mol. The van der Waals surface area contributed by atoms with Gasteiger partial charge in [-0.1, -0.05) is 24.3 Å². The quantitative estimate of drug-likeness (QED) is 0.519. The van der Waals surface area contributed by atoms with E-state index in [1.165, 1.54) is 11.1 Å². The molecule has 162 valence electrons. The summed E-state index contributed by atoms with van der Waals surface area (Å²) in [5, 5.41) is 2.67. The van der Waals surface area contributed by atoms with Gasteiger partial charge in [0.2, 0.25) is 0 Å². The molecule has 1 atom stereocenters. The molecule has 31 heavy (non-hydrogen) atoms. The molecule has 0 saturated carbocycles. The van der Waals surface area contributed by atoms with Crippen LogP contribution in [0.5, 0.6) is 11.5 Å². The third-order valence-electron chi connectivity index (χ3n) is 5.44. The number of amides is 1. The van der Waals surface area contributed by atoms with Crippen molar-refractivity contribution in [2.24, 2.45) is 0 Å². The molecular weight excluding hydrogens is 398 g/mol. The van der Waals surface area contributed by atoms with E-state index in [0.717, 1.165) is 19.3 Å².